The topological polar surface area (TPSA) is 117 Å². The number of carboxylic acid groups (broad SMARTS) is 1. The van der Waals surface area contributed by atoms with Crippen molar-refractivity contribution in [2.45, 2.75) is 33.0 Å². The lowest BCUT2D eigenvalue weighted by atomic mass is 10.1. The number of nitrogens with zero attached hydrogens (tertiary/aromatic N) is 7. The third kappa shape index (κ3) is 7.20. The number of ether oxygens (including phenoxy) is 2. The molecule has 4 aromatic rings. The number of hydrogen-bond acceptors (Lipinski definition) is 9. The molecule has 1 saturated heterocycles. The van der Waals surface area contributed by atoms with Gasteiger partial charge in [-0.25, -0.2) is 14.8 Å². The minimum atomic E-state index is -0.919. The molecule has 11 nitrogen and oxygen atoms in total. The first-order valence-electron chi connectivity index (χ1n) is 14.3. The van der Waals surface area contributed by atoms with Crippen molar-refractivity contribution in [1.29, 1.82) is 0 Å². The van der Waals surface area contributed by atoms with Gasteiger partial charge in [-0.1, -0.05) is 24.3 Å². The van der Waals surface area contributed by atoms with E-state index in [4.69, 9.17) is 14.5 Å². The minimum Gasteiger partial charge on any atom is -0.497 e. The Morgan fingerprint density at radius 2 is 1.50 bits per heavy atom. The standard InChI is InChI=1S/C32H36FN7O4/c1-21(38-13-15-39(16-14-38)32(41)42)25-17-28(29(33)34-18-25)30-35-22(2)36-31(37-30)40(19-23-5-9-26(43-3)10-6-23)20-24-7-11-27(44-4)12-8-24/h5-12,17-18,21H,13-16,19-20H2,1-4H3,(H,41,42). The van der Waals surface area contributed by atoms with Crippen molar-refractivity contribution in [3.63, 3.8) is 0 Å². The number of benzene rings is 2. The van der Waals surface area contributed by atoms with Gasteiger partial charge >= 0.3 is 6.09 Å². The molecule has 12 heteroatoms. The van der Waals surface area contributed by atoms with Crippen LogP contribution in [0.15, 0.2) is 60.8 Å². The second-order valence-electron chi connectivity index (χ2n) is 10.6. The normalized spacial score (nSPS) is 14.2. The number of aromatic nitrogens is 4. The third-order valence-electron chi connectivity index (χ3n) is 7.80. The maximum atomic E-state index is 15.3. The fourth-order valence-electron chi connectivity index (χ4n) is 5.19. The van der Waals surface area contributed by atoms with E-state index in [2.05, 4.69) is 19.9 Å². The summed E-state index contributed by atoms with van der Waals surface area (Å²) in [5, 5.41) is 9.29. The van der Waals surface area contributed by atoms with Crippen LogP contribution in [0.25, 0.3) is 11.4 Å². The highest BCUT2D eigenvalue weighted by Gasteiger charge is 2.26. The first-order chi connectivity index (χ1) is 21.2. The molecule has 5 rings (SSSR count). The van der Waals surface area contributed by atoms with Crippen LogP contribution >= 0.6 is 0 Å². The molecule has 1 amide bonds. The Balaban J connectivity index is 1.46. The predicted octanol–water partition coefficient (Wildman–Crippen LogP) is 4.96. The maximum Gasteiger partial charge on any atom is 0.407 e. The molecule has 0 bridgehead atoms. The Hall–Kier alpha value is -4.84. The lowest BCUT2D eigenvalue weighted by Gasteiger charge is -2.37. The van der Waals surface area contributed by atoms with E-state index < -0.39 is 12.0 Å². The highest BCUT2D eigenvalue weighted by atomic mass is 19.1. The molecule has 230 valence electrons. The number of piperazine rings is 1. The Morgan fingerprint density at radius 1 is 0.932 bits per heavy atom. The fourth-order valence-corrected chi connectivity index (χ4v) is 5.19. The summed E-state index contributed by atoms with van der Waals surface area (Å²) in [6.07, 6.45) is 0.596. The molecule has 0 saturated carbocycles. The van der Waals surface area contributed by atoms with Crippen molar-refractivity contribution < 1.29 is 23.8 Å². The van der Waals surface area contributed by atoms with Crippen LogP contribution < -0.4 is 14.4 Å². The SMILES string of the molecule is COc1ccc(CN(Cc2ccc(OC)cc2)c2nc(C)nc(-c3cc(C(C)N4CCN(C(=O)O)CC4)cnc3F)n2)cc1. The zero-order valence-electron chi connectivity index (χ0n) is 25.3. The molecule has 1 atom stereocenters. The number of rotatable bonds is 10. The van der Waals surface area contributed by atoms with Crippen LogP contribution in [0.3, 0.4) is 0 Å². The molecule has 0 radical (unpaired) electrons. The summed E-state index contributed by atoms with van der Waals surface area (Å²) in [5.74, 6) is 1.88. The number of carbonyl (C=O) groups is 1. The van der Waals surface area contributed by atoms with E-state index in [-0.39, 0.29) is 17.4 Å². The molecule has 1 N–H and O–H groups in total. The van der Waals surface area contributed by atoms with Gasteiger partial charge in [-0.15, -0.1) is 0 Å². The van der Waals surface area contributed by atoms with Gasteiger partial charge in [-0.05, 0) is 60.9 Å². The van der Waals surface area contributed by atoms with E-state index in [1.54, 1.807) is 27.2 Å². The molecule has 2 aromatic carbocycles. The molecule has 1 unspecified atom stereocenters. The summed E-state index contributed by atoms with van der Waals surface area (Å²) in [7, 11) is 3.26. The zero-order valence-corrected chi connectivity index (χ0v) is 25.3. The molecule has 0 aliphatic carbocycles. The summed E-state index contributed by atoms with van der Waals surface area (Å²) in [5.41, 5.74) is 3.01. The smallest absolute Gasteiger partial charge is 0.407 e. The summed E-state index contributed by atoms with van der Waals surface area (Å²) < 4.78 is 25.9. The van der Waals surface area contributed by atoms with E-state index >= 15 is 4.39 Å². The summed E-state index contributed by atoms with van der Waals surface area (Å²) in [6.45, 7) is 6.70. The Morgan fingerprint density at radius 3 is 2.02 bits per heavy atom. The molecule has 44 heavy (non-hydrogen) atoms. The van der Waals surface area contributed by atoms with Gasteiger partial charge in [-0.2, -0.15) is 14.4 Å². The number of pyridine rings is 1. The average Bonchev–Trinajstić information content (AvgIpc) is 3.04. The first-order valence-corrected chi connectivity index (χ1v) is 14.3. The van der Waals surface area contributed by atoms with E-state index in [0.29, 0.717) is 51.0 Å². The molecule has 1 aliphatic rings. The number of aryl methyl sites for hydroxylation is 1. The van der Waals surface area contributed by atoms with Crippen molar-refractivity contribution in [2.75, 3.05) is 45.3 Å². The number of halogens is 1. The van der Waals surface area contributed by atoms with Gasteiger partial charge < -0.3 is 24.4 Å². The van der Waals surface area contributed by atoms with Crippen molar-refractivity contribution in [3.05, 3.63) is 89.3 Å². The molecule has 1 aliphatic heterocycles. The van der Waals surface area contributed by atoms with Gasteiger partial charge in [-0.3, -0.25) is 4.90 Å². The van der Waals surface area contributed by atoms with Gasteiger partial charge in [0, 0.05) is 51.5 Å². The fraction of sp³-hybridized carbons (Fsp3) is 0.344. The maximum absolute atomic E-state index is 15.3. The molecule has 0 spiro atoms. The van der Waals surface area contributed by atoms with Crippen LogP contribution in [0, 0.1) is 12.9 Å². The zero-order chi connectivity index (χ0) is 31.2. The van der Waals surface area contributed by atoms with Gasteiger partial charge in [0.1, 0.15) is 17.3 Å². The molecule has 3 heterocycles. The number of hydrogen-bond donors (Lipinski definition) is 1. The molecule has 1 fully saturated rings. The van der Waals surface area contributed by atoms with Crippen molar-refractivity contribution in [3.8, 4) is 22.9 Å². The van der Waals surface area contributed by atoms with Crippen LogP contribution in [0.2, 0.25) is 0 Å². The summed E-state index contributed by atoms with van der Waals surface area (Å²) in [6, 6.07) is 17.2. The number of amides is 1. The Bertz CT molecular complexity index is 1530. The minimum absolute atomic E-state index is 0.109. The summed E-state index contributed by atoms with van der Waals surface area (Å²) >= 11 is 0. The van der Waals surface area contributed by atoms with Crippen LogP contribution in [0.5, 0.6) is 11.5 Å². The summed E-state index contributed by atoms with van der Waals surface area (Å²) in [4.78, 5) is 34.9. The van der Waals surface area contributed by atoms with E-state index in [9.17, 15) is 9.90 Å². The van der Waals surface area contributed by atoms with Gasteiger partial charge in [0.25, 0.3) is 0 Å². The van der Waals surface area contributed by atoms with E-state index in [1.165, 1.54) is 11.1 Å². The Kier molecular flexibility index (Phi) is 9.49. The first kappa shape index (κ1) is 30.6. The second kappa shape index (κ2) is 13.6. The van der Waals surface area contributed by atoms with Crippen LogP contribution in [-0.4, -0.2) is 81.3 Å². The Labute approximate surface area is 255 Å². The van der Waals surface area contributed by atoms with Crippen LogP contribution in [0.4, 0.5) is 15.1 Å². The molecule has 2 aromatic heterocycles. The average molecular weight is 602 g/mol. The quantitative estimate of drug-likeness (QED) is 0.250. The monoisotopic (exact) mass is 601 g/mol. The third-order valence-corrected chi connectivity index (χ3v) is 7.80. The van der Waals surface area contributed by atoms with Gasteiger partial charge in [0.05, 0.1) is 19.8 Å². The van der Waals surface area contributed by atoms with Crippen molar-refractivity contribution >= 4 is 12.0 Å². The number of anilines is 1. The largest absolute Gasteiger partial charge is 0.497 e. The highest BCUT2D eigenvalue weighted by Crippen LogP contribution is 2.28. The lowest BCUT2D eigenvalue weighted by molar-refractivity contribution is 0.0888. The van der Waals surface area contributed by atoms with Gasteiger partial charge in [0.15, 0.2) is 5.82 Å². The van der Waals surface area contributed by atoms with Crippen molar-refractivity contribution in [2.24, 2.45) is 0 Å². The van der Waals surface area contributed by atoms with E-state index in [1.807, 2.05) is 60.4 Å². The molecular weight excluding hydrogens is 565 g/mol. The predicted molar refractivity (Wildman–Crippen MR) is 163 cm³/mol. The highest BCUT2D eigenvalue weighted by molar-refractivity contribution is 5.65. The lowest BCUT2D eigenvalue weighted by Crippen LogP contribution is -2.48. The van der Waals surface area contributed by atoms with Crippen molar-refractivity contribution in [1.82, 2.24) is 29.7 Å². The molecular formula is C32H36FN7O4. The van der Waals surface area contributed by atoms with E-state index in [0.717, 1.165) is 28.2 Å². The second-order valence-corrected chi connectivity index (χ2v) is 10.6. The van der Waals surface area contributed by atoms with Crippen LogP contribution in [-0.2, 0) is 13.1 Å². The van der Waals surface area contributed by atoms with Crippen LogP contribution in [0.1, 0.15) is 35.5 Å². The van der Waals surface area contributed by atoms with Gasteiger partial charge in [0.2, 0.25) is 11.9 Å². The number of methoxy groups -OCH3 is 2.